The van der Waals surface area contributed by atoms with Crippen LogP contribution in [0.5, 0.6) is 11.5 Å². The van der Waals surface area contributed by atoms with Crippen LogP contribution in [0.4, 0.5) is 17.3 Å². The Labute approximate surface area is 180 Å². The minimum Gasteiger partial charge on any atom is -0.497 e. The number of anilines is 3. The fraction of sp³-hybridized carbons (Fsp3) is 0.455. The van der Waals surface area contributed by atoms with Crippen LogP contribution in [0.2, 0.25) is 0 Å². The van der Waals surface area contributed by atoms with E-state index in [0.717, 1.165) is 54.9 Å². The standard InChI is InChI=1S/C22H26N6O3/c1-29-16-5-6-17(18(11-16)30-2)25-19-12-20(24-13-23-19)28-9-7-14(8-10-28)21-26-22(31-27-21)15-3-4-15/h5-6,11-15H,3-4,7-10H2,1-2H3,(H,23,24,25). The predicted molar refractivity (Wildman–Crippen MR) is 115 cm³/mol. The smallest absolute Gasteiger partial charge is 0.229 e. The Bertz CT molecular complexity index is 1040. The van der Waals surface area contributed by atoms with Crippen molar-refractivity contribution >= 4 is 17.3 Å². The largest absolute Gasteiger partial charge is 0.497 e. The zero-order valence-electron chi connectivity index (χ0n) is 17.7. The summed E-state index contributed by atoms with van der Waals surface area (Å²) in [5, 5.41) is 7.54. The predicted octanol–water partition coefficient (Wildman–Crippen LogP) is 3.88. The van der Waals surface area contributed by atoms with Crippen molar-refractivity contribution in [3.05, 3.63) is 42.3 Å². The lowest BCUT2D eigenvalue weighted by Gasteiger charge is -2.31. The SMILES string of the molecule is COc1ccc(Nc2cc(N3CCC(c4noc(C5CC5)n4)CC3)ncn2)c(OC)c1. The number of hydrogen-bond acceptors (Lipinski definition) is 9. The lowest BCUT2D eigenvalue weighted by molar-refractivity contribution is 0.364. The number of ether oxygens (including phenoxy) is 2. The van der Waals surface area contributed by atoms with Crippen molar-refractivity contribution in [3.8, 4) is 11.5 Å². The van der Waals surface area contributed by atoms with E-state index in [-0.39, 0.29) is 0 Å². The van der Waals surface area contributed by atoms with E-state index in [1.807, 2.05) is 24.3 Å². The zero-order chi connectivity index (χ0) is 21.2. The number of methoxy groups -OCH3 is 2. The number of aromatic nitrogens is 4. The fourth-order valence-electron chi connectivity index (χ4n) is 3.90. The molecule has 162 valence electrons. The summed E-state index contributed by atoms with van der Waals surface area (Å²) in [6.07, 6.45) is 5.88. The Hall–Kier alpha value is -3.36. The monoisotopic (exact) mass is 422 g/mol. The molecule has 0 bridgehead atoms. The van der Waals surface area contributed by atoms with Crippen LogP contribution in [0, 0.1) is 0 Å². The van der Waals surface area contributed by atoms with Crippen LogP contribution in [-0.4, -0.2) is 47.4 Å². The summed E-state index contributed by atoms with van der Waals surface area (Å²) in [7, 11) is 3.26. The third-order valence-electron chi connectivity index (χ3n) is 5.89. The average molecular weight is 422 g/mol. The van der Waals surface area contributed by atoms with Crippen LogP contribution >= 0.6 is 0 Å². The molecule has 2 aliphatic rings. The summed E-state index contributed by atoms with van der Waals surface area (Å²) in [6, 6.07) is 7.58. The second-order valence-electron chi connectivity index (χ2n) is 7.98. The van der Waals surface area contributed by atoms with E-state index in [4.69, 9.17) is 14.0 Å². The number of nitrogens with one attached hydrogen (secondary N) is 1. The molecule has 0 spiro atoms. The summed E-state index contributed by atoms with van der Waals surface area (Å²) in [5.41, 5.74) is 0.815. The molecule has 1 aliphatic carbocycles. The minimum absolute atomic E-state index is 0.343. The molecule has 1 aliphatic heterocycles. The van der Waals surface area contributed by atoms with E-state index in [0.29, 0.717) is 23.4 Å². The maximum atomic E-state index is 5.46. The summed E-state index contributed by atoms with van der Waals surface area (Å²) < 4.78 is 16.2. The van der Waals surface area contributed by atoms with Gasteiger partial charge in [0.1, 0.15) is 29.5 Å². The van der Waals surface area contributed by atoms with E-state index in [2.05, 4.69) is 30.3 Å². The highest BCUT2D eigenvalue weighted by Gasteiger charge is 2.32. The van der Waals surface area contributed by atoms with E-state index in [1.165, 1.54) is 12.8 Å². The number of nitrogens with zero attached hydrogens (tertiary/aromatic N) is 5. The maximum Gasteiger partial charge on any atom is 0.229 e. The highest BCUT2D eigenvalue weighted by atomic mass is 16.5. The molecule has 3 aromatic rings. The summed E-state index contributed by atoms with van der Waals surface area (Å²) >= 11 is 0. The van der Waals surface area contributed by atoms with Gasteiger partial charge in [0.25, 0.3) is 0 Å². The molecular formula is C22H26N6O3. The van der Waals surface area contributed by atoms with Gasteiger partial charge in [-0.2, -0.15) is 4.98 Å². The van der Waals surface area contributed by atoms with Crippen molar-refractivity contribution in [2.45, 2.75) is 37.5 Å². The third-order valence-corrected chi connectivity index (χ3v) is 5.89. The quantitative estimate of drug-likeness (QED) is 0.608. The van der Waals surface area contributed by atoms with E-state index in [9.17, 15) is 0 Å². The van der Waals surface area contributed by atoms with Gasteiger partial charge in [0, 0.05) is 37.1 Å². The summed E-state index contributed by atoms with van der Waals surface area (Å²) in [4.78, 5) is 15.8. The first-order valence-electron chi connectivity index (χ1n) is 10.6. The molecule has 1 N–H and O–H groups in total. The Morgan fingerprint density at radius 3 is 2.58 bits per heavy atom. The Balaban J connectivity index is 1.24. The number of rotatable bonds is 7. The molecule has 0 amide bonds. The van der Waals surface area contributed by atoms with Crippen LogP contribution in [0.3, 0.4) is 0 Å². The van der Waals surface area contributed by atoms with E-state index in [1.54, 1.807) is 20.5 Å². The van der Waals surface area contributed by atoms with E-state index >= 15 is 0 Å². The molecule has 2 aromatic heterocycles. The molecule has 9 nitrogen and oxygen atoms in total. The van der Waals surface area contributed by atoms with Crippen LogP contribution in [0.1, 0.15) is 49.2 Å². The van der Waals surface area contributed by atoms with Gasteiger partial charge in [-0.3, -0.25) is 0 Å². The molecular weight excluding hydrogens is 396 g/mol. The van der Waals surface area contributed by atoms with Crippen LogP contribution < -0.4 is 19.7 Å². The Kier molecular flexibility index (Phi) is 5.31. The van der Waals surface area contributed by atoms with Crippen LogP contribution in [0.25, 0.3) is 0 Å². The van der Waals surface area contributed by atoms with Gasteiger partial charge in [-0.25, -0.2) is 9.97 Å². The molecule has 1 aromatic carbocycles. The molecule has 0 unspecified atom stereocenters. The van der Waals surface area contributed by atoms with Gasteiger partial charge in [0.15, 0.2) is 5.82 Å². The van der Waals surface area contributed by atoms with Gasteiger partial charge in [0.05, 0.1) is 19.9 Å². The third kappa shape index (κ3) is 4.26. The molecule has 0 atom stereocenters. The molecule has 31 heavy (non-hydrogen) atoms. The van der Waals surface area contributed by atoms with Crippen LogP contribution in [-0.2, 0) is 0 Å². The van der Waals surface area contributed by atoms with Gasteiger partial charge in [-0.15, -0.1) is 0 Å². The van der Waals surface area contributed by atoms with Crippen LogP contribution in [0.15, 0.2) is 35.1 Å². The van der Waals surface area contributed by atoms with Gasteiger partial charge in [0.2, 0.25) is 5.89 Å². The van der Waals surface area contributed by atoms with Gasteiger partial charge >= 0.3 is 0 Å². The lowest BCUT2D eigenvalue weighted by atomic mass is 9.96. The number of benzene rings is 1. The topological polar surface area (TPSA) is 98.4 Å². The highest BCUT2D eigenvalue weighted by molar-refractivity contribution is 5.67. The molecule has 1 saturated carbocycles. The van der Waals surface area contributed by atoms with Crippen molar-refractivity contribution in [1.82, 2.24) is 20.1 Å². The van der Waals surface area contributed by atoms with Crippen molar-refractivity contribution in [1.29, 1.82) is 0 Å². The second-order valence-corrected chi connectivity index (χ2v) is 7.98. The molecule has 3 heterocycles. The van der Waals surface area contributed by atoms with Gasteiger partial charge < -0.3 is 24.2 Å². The van der Waals surface area contributed by atoms with E-state index < -0.39 is 0 Å². The molecule has 0 radical (unpaired) electrons. The Morgan fingerprint density at radius 2 is 1.84 bits per heavy atom. The van der Waals surface area contributed by atoms with Crippen molar-refractivity contribution in [2.24, 2.45) is 0 Å². The summed E-state index contributed by atoms with van der Waals surface area (Å²) in [6.45, 7) is 1.78. The number of piperidine rings is 1. The maximum absolute atomic E-state index is 5.46. The Morgan fingerprint density at radius 1 is 1.00 bits per heavy atom. The first-order valence-corrected chi connectivity index (χ1v) is 10.6. The average Bonchev–Trinajstić information content (AvgIpc) is 3.56. The molecule has 2 fully saturated rings. The van der Waals surface area contributed by atoms with Crippen molar-refractivity contribution < 1.29 is 14.0 Å². The molecule has 9 heteroatoms. The fourth-order valence-corrected chi connectivity index (χ4v) is 3.90. The van der Waals surface area contributed by atoms with Gasteiger partial charge in [-0.1, -0.05) is 5.16 Å². The minimum atomic E-state index is 0.343. The first kappa shape index (κ1) is 19.6. The lowest BCUT2D eigenvalue weighted by Crippen LogP contribution is -2.33. The normalized spacial score (nSPS) is 16.9. The first-order chi connectivity index (χ1) is 15.2. The molecule has 5 rings (SSSR count). The molecule has 1 saturated heterocycles. The number of hydrogen-bond donors (Lipinski definition) is 1. The highest BCUT2D eigenvalue weighted by Crippen LogP contribution is 2.40. The van der Waals surface area contributed by atoms with Crippen molar-refractivity contribution in [3.63, 3.8) is 0 Å². The zero-order valence-corrected chi connectivity index (χ0v) is 17.7. The van der Waals surface area contributed by atoms with Gasteiger partial charge in [-0.05, 0) is 37.8 Å². The van der Waals surface area contributed by atoms with Crippen molar-refractivity contribution in [2.75, 3.05) is 37.5 Å². The second kappa shape index (κ2) is 8.41. The summed E-state index contributed by atoms with van der Waals surface area (Å²) in [5.74, 6) is 5.55.